The van der Waals surface area contributed by atoms with Crippen LogP contribution in [0.5, 0.6) is 17.2 Å². The Kier molecular flexibility index (Phi) is 7.56. The summed E-state index contributed by atoms with van der Waals surface area (Å²) in [5.41, 5.74) is 2.02. The number of aromatic nitrogens is 1. The van der Waals surface area contributed by atoms with Crippen LogP contribution < -0.4 is 19.1 Å². The number of anilines is 1. The number of benzene rings is 3. The number of nitrogens with zero attached hydrogens (tertiary/aromatic N) is 2. The molecule has 43 heavy (non-hydrogen) atoms. The van der Waals surface area contributed by atoms with E-state index in [1.807, 2.05) is 30.3 Å². The molecular weight excluding hydrogens is 572 g/mol. The molecule has 1 fully saturated rings. The summed E-state index contributed by atoms with van der Waals surface area (Å²) in [6, 6.07) is 20.4. The number of ketones is 1. The summed E-state index contributed by atoms with van der Waals surface area (Å²) in [5, 5.41) is 11.6. The van der Waals surface area contributed by atoms with Crippen molar-refractivity contribution in [2.24, 2.45) is 0 Å². The number of rotatable bonds is 7. The molecule has 11 heteroatoms. The summed E-state index contributed by atoms with van der Waals surface area (Å²) >= 11 is 0.932. The number of ether oxygens (including phenoxy) is 4. The number of aryl methyl sites for hydroxylation is 1. The Bertz CT molecular complexity index is 1750. The lowest BCUT2D eigenvalue weighted by molar-refractivity contribution is -0.132. The van der Waals surface area contributed by atoms with Gasteiger partial charge in [-0.15, -0.1) is 0 Å². The highest BCUT2D eigenvalue weighted by atomic mass is 32.1. The molecule has 0 radical (unpaired) electrons. The van der Waals surface area contributed by atoms with Crippen molar-refractivity contribution in [3.8, 4) is 17.2 Å². The number of amides is 1. The van der Waals surface area contributed by atoms with Crippen molar-refractivity contribution in [1.82, 2.24) is 4.98 Å². The molecule has 0 spiro atoms. The van der Waals surface area contributed by atoms with Crippen LogP contribution in [0.2, 0.25) is 0 Å². The van der Waals surface area contributed by atoms with Crippen LogP contribution in [0, 0.1) is 6.92 Å². The zero-order valence-electron chi connectivity index (χ0n) is 23.2. The quantitative estimate of drug-likeness (QED) is 0.132. The number of aliphatic hydroxyl groups excluding tert-OH is 1. The fourth-order valence-corrected chi connectivity index (χ4v) is 5.96. The summed E-state index contributed by atoms with van der Waals surface area (Å²) in [7, 11) is 1.25. The van der Waals surface area contributed by atoms with Crippen LogP contribution in [0.15, 0.2) is 78.4 Å². The minimum absolute atomic E-state index is 0.121. The van der Waals surface area contributed by atoms with Gasteiger partial charge in [-0.3, -0.25) is 14.5 Å². The van der Waals surface area contributed by atoms with Gasteiger partial charge in [0.25, 0.3) is 5.78 Å². The molecule has 2 aliphatic rings. The number of Topliss-reactive ketones (excluding diaryl/α,β-unsaturated/α-hetero) is 1. The van der Waals surface area contributed by atoms with E-state index >= 15 is 0 Å². The first-order chi connectivity index (χ1) is 20.9. The molecule has 1 atom stereocenters. The van der Waals surface area contributed by atoms with Crippen molar-refractivity contribution in [3.05, 3.63) is 106 Å². The molecule has 3 heterocycles. The molecule has 1 amide bonds. The number of hydrogen-bond donors (Lipinski definition) is 1. The first-order valence-corrected chi connectivity index (χ1v) is 14.2. The van der Waals surface area contributed by atoms with Gasteiger partial charge in [-0.2, -0.15) is 0 Å². The maximum Gasteiger partial charge on any atom is 0.350 e. The smallest absolute Gasteiger partial charge is 0.350 e. The minimum atomic E-state index is -1.05. The van der Waals surface area contributed by atoms with Gasteiger partial charge in [0.1, 0.15) is 36.2 Å². The first kappa shape index (κ1) is 28.0. The lowest BCUT2D eigenvalue weighted by Crippen LogP contribution is -2.29. The number of aliphatic hydroxyl groups is 1. The van der Waals surface area contributed by atoms with Crippen molar-refractivity contribution in [1.29, 1.82) is 0 Å². The average Bonchev–Trinajstić information content (AvgIpc) is 3.55. The number of fused-ring (bicyclic) bond motifs is 1. The number of esters is 1. The molecule has 10 nitrogen and oxygen atoms in total. The molecule has 2 aliphatic heterocycles. The molecule has 1 saturated heterocycles. The SMILES string of the molecule is COC(=O)c1sc(N2C(=O)C(=O)/C(=C(/O)c3ccc4c(c3)OCCO4)C2c2ccc(OCc3ccccc3)cc2)nc1C. The normalized spacial score (nSPS) is 17.2. The van der Waals surface area contributed by atoms with Gasteiger partial charge in [-0.1, -0.05) is 53.8 Å². The molecule has 0 bridgehead atoms. The third-order valence-corrected chi connectivity index (χ3v) is 8.20. The summed E-state index contributed by atoms with van der Waals surface area (Å²) in [4.78, 5) is 45.3. The van der Waals surface area contributed by atoms with Crippen molar-refractivity contribution < 1.29 is 38.4 Å². The lowest BCUT2D eigenvalue weighted by Gasteiger charge is -2.23. The van der Waals surface area contributed by atoms with E-state index < -0.39 is 23.7 Å². The van der Waals surface area contributed by atoms with Crippen LogP contribution in [0.4, 0.5) is 5.13 Å². The fourth-order valence-electron chi connectivity index (χ4n) is 4.95. The van der Waals surface area contributed by atoms with Crippen LogP contribution in [0.25, 0.3) is 5.76 Å². The van der Waals surface area contributed by atoms with Gasteiger partial charge in [0.2, 0.25) is 0 Å². The van der Waals surface area contributed by atoms with E-state index in [1.54, 1.807) is 49.4 Å². The molecule has 3 aromatic carbocycles. The topological polar surface area (TPSA) is 124 Å². The van der Waals surface area contributed by atoms with Crippen molar-refractivity contribution in [3.63, 3.8) is 0 Å². The van der Waals surface area contributed by atoms with E-state index in [0.717, 1.165) is 16.9 Å². The Morgan fingerprint density at radius 2 is 1.74 bits per heavy atom. The summed E-state index contributed by atoms with van der Waals surface area (Å²) in [6.07, 6.45) is 0. The maximum atomic E-state index is 13.6. The van der Waals surface area contributed by atoms with Gasteiger partial charge < -0.3 is 24.1 Å². The third kappa shape index (κ3) is 5.30. The molecule has 0 aliphatic carbocycles. The van der Waals surface area contributed by atoms with Gasteiger partial charge in [0.15, 0.2) is 16.6 Å². The predicted molar refractivity (Wildman–Crippen MR) is 158 cm³/mol. The van der Waals surface area contributed by atoms with Gasteiger partial charge in [-0.25, -0.2) is 9.78 Å². The zero-order valence-corrected chi connectivity index (χ0v) is 24.1. The highest BCUT2D eigenvalue weighted by molar-refractivity contribution is 7.17. The van der Waals surface area contributed by atoms with E-state index in [1.165, 1.54) is 12.0 Å². The summed E-state index contributed by atoms with van der Waals surface area (Å²) in [6.45, 7) is 2.71. The Balaban J connectivity index is 1.42. The van der Waals surface area contributed by atoms with Gasteiger partial charge >= 0.3 is 11.9 Å². The van der Waals surface area contributed by atoms with Crippen LogP contribution in [-0.4, -0.2) is 48.1 Å². The first-order valence-electron chi connectivity index (χ1n) is 13.4. The van der Waals surface area contributed by atoms with Gasteiger partial charge in [-0.05, 0) is 48.4 Å². The number of carbonyl (C=O) groups excluding carboxylic acids is 3. The largest absolute Gasteiger partial charge is 0.507 e. The zero-order chi connectivity index (χ0) is 30.1. The van der Waals surface area contributed by atoms with Crippen molar-refractivity contribution in [2.45, 2.75) is 19.6 Å². The van der Waals surface area contributed by atoms with Crippen LogP contribution in [0.3, 0.4) is 0 Å². The molecule has 6 rings (SSSR count). The van der Waals surface area contributed by atoms with Crippen LogP contribution in [0.1, 0.15) is 38.1 Å². The Labute approximate surface area is 250 Å². The molecule has 1 aromatic heterocycles. The van der Waals surface area contributed by atoms with E-state index in [0.29, 0.717) is 48.3 Å². The lowest BCUT2D eigenvalue weighted by atomic mass is 9.95. The second-order valence-electron chi connectivity index (χ2n) is 9.77. The van der Waals surface area contributed by atoms with Crippen molar-refractivity contribution >= 4 is 39.9 Å². The third-order valence-electron chi connectivity index (χ3n) is 7.07. The molecule has 1 unspecified atom stereocenters. The number of thiazole rings is 1. The second kappa shape index (κ2) is 11.6. The summed E-state index contributed by atoms with van der Waals surface area (Å²) in [5.74, 6) is -1.26. The number of methoxy groups -OCH3 is 1. The van der Waals surface area contributed by atoms with E-state index in [4.69, 9.17) is 18.9 Å². The van der Waals surface area contributed by atoms with Gasteiger partial charge in [0.05, 0.1) is 24.4 Å². The van der Waals surface area contributed by atoms with Crippen LogP contribution >= 0.6 is 11.3 Å². The monoisotopic (exact) mass is 598 g/mol. The highest BCUT2D eigenvalue weighted by Gasteiger charge is 2.48. The maximum absolute atomic E-state index is 13.6. The van der Waals surface area contributed by atoms with E-state index in [9.17, 15) is 19.5 Å². The van der Waals surface area contributed by atoms with E-state index in [2.05, 4.69) is 4.98 Å². The molecule has 218 valence electrons. The van der Waals surface area contributed by atoms with E-state index in [-0.39, 0.29) is 26.9 Å². The van der Waals surface area contributed by atoms with Crippen molar-refractivity contribution in [2.75, 3.05) is 25.2 Å². The van der Waals surface area contributed by atoms with Crippen LogP contribution in [-0.2, 0) is 20.9 Å². The molecule has 0 saturated carbocycles. The molecular formula is C32H26N2O8S. The number of hydrogen-bond acceptors (Lipinski definition) is 10. The molecule has 4 aromatic rings. The molecule has 1 N–H and O–H groups in total. The Morgan fingerprint density at radius 1 is 1.02 bits per heavy atom. The summed E-state index contributed by atoms with van der Waals surface area (Å²) < 4.78 is 22.0. The second-order valence-corrected chi connectivity index (χ2v) is 10.8. The average molecular weight is 599 g/mol. The fraction of sp³-hybridized carbons (Fsp3) is 0.188. The number of carbonyl (C=O) groups is 3. The Morgan fingerprint density at radius 3 is 2.47 bits per heavy atom. The highest BCUT2D eigenvalue weighted by Crippen LogP contribution is 2.45. The minimum Gasteiger partial charge on any atom is -0.507 e. The van der Waals surface area contributed by atoms with Gasteiger partial charge in [0, 0.05) is 5.56 Å². The Hall–Kier alpha value is -5.16. The standard InChI is InChI=1S/C32H26N2O8S/c1-18-29(31(38)39-2)43-32(33-18)34-26(20-8-11-22(12-9-20)42-17-19-6-4-3-5-7-19)25(28(36)30(34)37)27(35)21-10-13-23-24(16-21)41-15-14-40-23/h3-13,16,26,35H,14-15,17H2,1-2H3/b27-25+. The predicted octanol–water partition coefficient (Wildman–Crippen LogP) is 5.21.